The third-order valence-electron chi connectivity index (χ3n) is 6.21. The van der Waals surface area contributed by atoms with E-state index < -0.39 is 12.4 Å². The number of nitrogens with one attached hydrogen (secondary N) is 1. The number of anilines is 1. The molecule has 0 saturated heterocycles. The van der Waals surface area contributed by atoms with Gasteiger partial charge in [0.1, 0.15) is 0 Å². The van der Waals surface area contributed by atoms with Gasteiger partial charge in [-0.25, -0.2) is 0 Å². The van der Waals surface area contributed by atoms with E-state index in [1.807, 2.05) is 44.2 Å². The van der Waals surface area contributed by atoms with E-state index >= 15 is 0 Å². The van der Waals surface area contributed by atoms with E-state index in [2.05, 4.69) is 24.7 Å². The van der Waals surface area contributed by atoms with Crippen LogP contribution in [0.5, 0.6) is 0 Å². The van der Waals surface area contributed by atoms with Crippen LogP contribution in [0.25, 0.3) is 0 Å². The molecule has 0 radical (unpaired) electrons. The maximum atomic E-state index is 13.3. The fourth-order valence-electron chi connectivity index (χ4n) is 4.11. The van der Waals surface area contributed by atoms with Crippen molar-refractivity contribution in [2.75, 3.05) is 24.8 Å². The molecule has 5 nitrogen and oxygen atoms in total. The Bertz CT molecular complexity index is 982. The van der Waals surface area contributed by atoms with Gasteiger partial charge < -0.3 is 0 Å². The summed E-state index contributed by atoms with van der Waals surface area (Å²) in [6.45, 7) is 8.25. The molecule has 0 bridgehead atoms. The summed E-state index contributed by atoms with van der Waals surface area (Å²) in [5.74, 6) is -0.244. The minimum atomic E-state index is -2.23. The number of nitriles is 1. The fraction of sp³-hybridized carbons (Fsp3) is 0.375. The predicted molar refractivity (Wildman–Crippen MR) is 122 cm³/mol. The van der Waals surface area contributed by atoms with Crippen LogP contribution in [0.2, 0.25) is 0 Å². The number of nitrogens with zero attached hydrogens (tertiary/aromatic N) is 1. The molecule has 1 fully saturated rings. The van der Waals surface area contributed by atoms with Gasteiger partial charge in [-0.1, -0.05) is 0 Å². The number of hydrogen-bond donors (Lipinski definition) is 1. The summed E-state index contributed by atoms with van der Waals surface area (Å²) < 4.78 is 5.48. The first-order valence-electron chi connectivity index (χ1n) is 10.2. The van der Waals surface area contributed by atoms with E-state index in [-0.39, 0.29) is 18.5 Å². The Morgan fingerprint density at radius 1 is 1.13 bits per heavy atom. The number of rotatable bonds is 7. The molecule has 1 saturated carbocycles. The average molecular weight is 424 g/mol. The van der Waals surface area contributed by atoms with Crippen LogP contribution < -0.4 is 5.32 Å². The van der Waals surface area contributed by atoms with Gasteiger partial charge in [-0.15, -0.1) is 0 Å². The van der Waals surface area contributed by atoms with Gasteiger partial charge in [0.2, 0.25) is 0 Å². The summed E-state index contributed by atoms with van der Waals surface area (Å²) in [4.78, 5) is 25.8. The van der Waals surface area contributed by atoms with Gasteiger partial charge in [0.15, 0.2) is 0 Å². The first kappa shape index (κ1) is 22.0. The zero-order valence-corrected chi connectivity index (χ0v) is 19.0. The monoisotopic (exact) mass is 424 g/mol. The Hall–Kier alpha value is -2.70. The molecule has 0 aromatic heterocycles. The predicted octanol–water partition coefficient (Wildman–Crippen LogP) is 4.40. The van der Waals surface area contributed by atoms with Crippen LogP contribution >= 0.6 is 7.26 Å². The van der Waals surface area contributed by atoms with Gasteiger partial charge in [-0.05, 0) is 0 Å². The SMILES string of the molecule is Cc1cc(C#N)cc(C)c1NC(=O)C1([PH](C)(C)CC(=O)OCc2ccccc2)CC1. The molecule has 0 heterocycles. The molecule has 1 N–H and O–H groups in total. The van der Waals surface area contributed by atoms with Crippen LogP contribution in [-0.2, 0) is 20.9 Å². The van der Waals surface area contributed by atoms with E-state index in [9.17, 15) is 9.59 Å². The van der Waals surface area contributed by atoms with Crippen molar-refractivity contribution in [1.82, 2.24) is 0 Å². The number of aryl methyl sites for hydroxylation is 2. The van der Waals surface area contributed by atoms with Gasteiger partial charge in [0.05, 0.1) is 0 Å². The molecule has 2 aromatic carbocycles. The molecule has 30 heavy (non-hydrogen) atoms. The van der Waals surface area contributed by atoms with Gasteiger partial charge >= 0.3 is 178 Å². The second kappa shape index (κ2) is 8.58. The van der Waals surface area contributed by atoms with Crippen LogP contribution in [0.1, 0.15) is 35.1 Å². The summed E-state index contributed by atoms with van der Waals surface area (Å²) in [5.41, 5.74) is 4.05. The molecule has 1 aliphatic rings. The molecular formula is C24H29N2O3P. The normalized spacial score (nSPS) is 15.0. The number of carbonyl (C=O) groups excluding carboxylic acids is 2. The molecule has 1 aliphatic carbocycles. The van der Waals surface area contributed by atoms with Crippen LogP contribution in [0.4, 0.5) is 5.69 Å². The van der Waals surface area contributed by atoms with Gasteiger partial charge in [0, 0.05) is 0 Å². The molecule has 3 rings (SSSR count). The summed E-state index contributed by atoms with van der Waals surface area (Å²) in [5, 5.41) is 11.8. The van der Waals surface area contributed by atoms with E-state index in [0.717, 1.165) is 35.2 Å². The summed E-state index contributed by atoms with van der Waals surface area (Å²) in [6.07, 6.45) is 1.93. The Balaban J connectivity index is 1.67. The third-order valence-corrected chi connectivity index (χ3v) is 10.7. The molecule has 0 aliphatic heterocycles. The number of amides is 1. The standard InChI is InChI=1S/C24H29N2O3P/c1-17-12-20(14-25)13-18(2)22(17)26-23(28)24(10-11-24)30(3,4)16-21(27)29-15-19-8-6-5-7-9-19/h5-9,12-13,30H,10-11,15-16H2,1-4H3,(H,26,28). The number of carbonyl (C=O) groups is 2. The first-order chi connectivity index (χ1) is 14.2. The van der Waals surface area contributed by atoms with E-state index in [0.29, 0.717) is 11.7 Å². The van der Waals surface area contributed by atoms with Crippen molar-refractivity contribution < 1.29 is 14.3 Å². The Kier molecular flexibility index (Phi) is 6.29. The third kappa shape index (κ3) is 4.55. The molecule has 1 amide bonds. The van der Waals surface area contributed by atoms with Crippen LogP contribution in [-0.4, -0.2) is 36.5 Å². The molecule has 158 valence electrons. The summed E-state index contributed by atoms with van der Waals surface area (Å²) in [7, 11) is -2.23. The quantitative estimate of drug-likeness (QED) is 0.528. The van der Waals surface area contributed by atoms with E-state index in [4.69, 9.17) is 10.00 Å². The molecule has 0 spiro atoms. The summed E-state index contributed by atoms with van der Waals surface area (Å²) >= 11 is 0. The van der Waals surface area contributed by atoms with Crippen LogP contribution in [0.3, 0.4) is 0 Å². The number of hydrogen-bond acceptors (Lipinski definition) is 4. The van der Waals surface area contributed by atoms with E-state index in [1.54, 1.807) is 12.1 Å². The Labute approximate surface area is 178 Å². The molecular weight excluding hydrogens is 395 g/mol. The second-order valence-electron chi connectivity index (χ2n) is 8.84. The topological polar surface area (TPSA) is 79.2 Å². The van der Waals surface area contributed by atoms with Crippen molar-refractivity contribution in [3.63, 3.8) is 0 Å². The van der Waals surface area contributed by atoms with Crippen LogP contribution in [0, 0.1) is 25.2 Å². The van der Waals surface area contributed by atoms with Gasteiger partial charge in [-0.3, -0.25) is 0 Å². The molecule has 2 aromatic rings. The zero-order chi connectivity index (χ0) is 21.9. The van der Waals surface area contributed by atoms with Crippen molar-refractivity contribution in [2.24, 2.45) is 0 Å². The fourth-order valence-corrected chi connectivity index (χ4v) is 7.43. The summed E-state index contributed by atoms with van der Waals surface area (Å²) in [6, 6.07) is 15.3. The second-order valence-corrected chi connectivity index (χ2v) is 13.9. The van der Waals surface area contributed by atoms with Crippen LogP contribution in [0.15, 0.2) is 42.5 Å². The molecule has 6 heteroatoms. The number of ether oxygens (including phenoxy) is 1. The van der Waals surface area contributed by atoms with E-state index in [1.165, 1.54) is 0 Å². The molecule has 0 atom stereocenters. The van der Waals surface area contributed by atoms with Gasteiger partial charge in [0.25, 0.3) is 0 Å². The van der Waals surface area contributed by atoms with Crippen molar-refractivity contribution in [2.45, 2.75) is 38.5 Å². The minimum absolute atomic E-state index is 0.00839. The Morgan fingerprint density at radius 3 is 2.27 bits per heavy atom. The number of esters is 1. The average Bonchev–Trinajstić information content (AvgIpc) is 3.52. The van der Waals surface area contributed by atoms with Crippen molar-refractivity contribution >= 4 is 24.8 Å². The van der Waals surface area contributed by atoms with Crippen molar-refractivity contribution in [1.29, 1.82) is 5.26 Å². The van der Waals surface area contributed by atoms with Gasteiger partial charge in [-0.2, -0.15) is 0 Å². The number of benzene rings is 2. The van der Waals surface area contributed by atoms with Crippen molar-refractivity contribution in [3.05, 3.63) is 64.7 Å². The maximum absolute atomic E-state index is 13.3. The van der Waals surface area contributed by atoms with Crippen molar-refractivity contribution in [3.8, 4) is 6.07 Å². The molecule has 0 unspecified atom stereocenters. The zero-order valence-electron chi connectivity index (χ0n) is 18.0. The Morgan fingerprint density at radius 2 is 1.73 bits per heavy atom. The first-order valence-corrected chi connectivity index (χ1v) is 13.4.